The van der Waals surface area contributed by atoms with E-state index in [1.807, 2.05) is 29.0 Å². The van der Waals surface area contributed by atoms with Gasteiger partial charge in [0.05, 0.1) is 4.92 Å². The summed E-state index contributed by atoms with van der Waals surface area (Å²) < 4.78 is 9.03. The topological polar surface area (TPSA) is 149 Å². The van der Waals surface area contributed by atoms with Crippen molar-refractivity contribution < 1.29 is 34.2 Å². The zero-order chi connectivity index (χ0) is 22.6. The lowest BCUT2D eigenvalue weighted by Crippen LogP contribution is -2.24. The number of carbonyl (C=O) groups is 2. The standard InChI is InChI=1S/C12H15NO3S2.C7H5NO5/c14-12(15)16-9-4-6-10(7-5-9)17-18-11-3-1-2-8-13-11;9-7(10)13-6-3-1-5(2-4-6)8(11)12/h1-3,8-10H,4-7H2,(H,14,15);1-4H,(H,9,10). The van der Waals surface area contributed by atoms with Crippen molar-refractivity contribution in [3.63, 3.8) is 0 Å². The maximum atomic E-state index is 10.4. The number of hydrogen-bond acceptors (Lipinski definition) is 9. The van der Waals surface area contributed by atoms with Gasteiger partial charge in [0, 0.05) is 23.6 Å². The Morgan fingerprint density at radius 3 is 2.23 bits per heavy atom. The number of rotatable bonds is 6. The monoisotopic (exact) mass is 468 g/mol. The summed E-state index contributed by atoms with van der Waals surface area (Å²) in [5.41, 5.74) is -0.113. The lowest BCUT2D eigenvalue weighted by molar-refractivity contribution is -0.384. The Kier molecular flexibility index (Phi) is 9.91. The molecule has 166 valence electrons. The van der Waals surface area contributed by atoms with E-state index in [9.17, 15) is 19.7 Å². The molecule has 0 spiro atoms. The molecule has 0 aliphatic heterocycles. The fourth-order valence-electron chi connectivity index (χ4n) is 2.64. The lowest BCUT2D eigenvalue weighted by atomic mass is 9.97. The number of ether oxygens (including phenoxy) is 2. The molecular weight excluding hydrogens is 448 g/mol. The Balaban J connectivity index is 0.000000233. The van der Waals surface area contributed by atoms with Gasteiger partial charge in [-0.15, -0.1) is 0 Å². The SMILES string of the molecule is O=C(O)OC1CCC(SSc2ccccn2)CC1.O=C(O)Oc1ccc([N+](=O)[O-])cc1. The van der Waals surface area contributed by atoms with Gasteiger partial charge in [-0.25, -0.2) is 14.6 Å². The second kappa shape index (κ2) is 12.6. The number of hydrogen-bond donors (Lipinski definition) is 2. The number of pyridine rings is 1. The van der Waals surface area contributed by atoms with Gasteiger partial charge >= 0.3 is 12.3 Å². The van der Waals surface area contributed by atoms with Crippen LogP contribution in [0.2, 0.25) is 0 Å². The summed E-state index contributed by atoms with van der Waals surface area (Å²) in [6.07, 6.45) is 2.73. The second-order valence-electron chi connectivity index (χ2n) is 6.25. The number of non-ortho nitro benzene ring substituents is 1. The summed E-state index contributed by atoms with van der Waals surface area (Å²) in [5.74, 6) is 0.0538. The van der Waals surface area contributed by atoms with E-state index in [-0.39, 0.29) is 17.5 Å². The Morgan fingerprint density at radius 2 is 1.71 bits per heavy atom. The molecule has 1 aromatic carbocycles. The van der Waals surface area contributed by atoms with Crippen LogP contribution in [-0.4, -0.2) is 43.8 Å². The van der Waals surface area contributed by atoms with Gasteiger partial charge in [0.2, 0.25) is 0 Å². The zero-order valence-electron chi connectivity index (χ0n) is 16.2. The van der Waals surface area contributed by atoms with Crippen molar-refractivity contribution in [1.29, 1.82) is 0 Å². The van der Waals surface area contributed by atoms with Crippen molar-refractivity contribution in [2.45, 2.75) is 42.1 Å². The Hall–Kier alpha value is -2.99. The van der Waals surface area contributed by atoms with E-state index in [1.54, 1.807) is 17.0 Å². The summed E-state index contributed by atoms with van der Waals surface area (Å²) in [6, 6.07) is 10.6. The van der Waals surface area contributed by atoms with Gasteiger partial charge in [0.1, 0.15) is 16.9 Å². The van der Waals surface area contributed by atoms with Crippen LogP contribution < -0.4 is 4.74 Å². The van der Waals surface area contributed by atoms with Gasteiger partial charge in [-0.1, -0.05) is 16.9 Å². The Bertz CT molecular complexity index is 859. The van der Waals surface area contributed by atoms with E-state index in [1.165, 1.54) is 12.1 Å². The minimum Gasteiger partial charge on any atom is -0.450 e. The first-order chi connectivity index (χ1) is 14.8. The van der Waals surface area contributed by atoms with Crippen molar-refractivity contribution in [3.8, 4) is 5.75 Å². The first-order valence-electron chi connectivity index (χ1n) is 9.12. The molecule has 0 bridgehead atoms. The summed E-state index contributed by atoms with van der Waals surface area (Å²) in [4.78, 5) is 34.3. The second-order valence-corrected chi connectivity index (χ2v) is 8.77. The van der Waals surface area contributed by atoms with Gasteiger partial charge < -0.3 is 19.7 Å². The first-order valence-corrected chi connectivity index (χ1v) is 11.3. The molecule has 1 aromatic heterocycles. The molecule has 12 heteroatoms. The van der Waals surface area contributed by atoms with Crippen LogP contribution in [0.15, 0.2) is 53.7 Å². The van der Waals surface area contributed by atoms with E-state index in [0.29, 0.717) is 5.25 Å². The summed E-state index contributed by atoms with van der Waals surface area (Å²) in [7, 11) is 3.51. The highest BCUT2D eigenvalue weighted by Crippen LogP contribution is 2.39. The molecule has 0 radical (unpaired) electrons. The molecule has 0 atom stereocenters. The molecule has 1 aliphatic carbocycles. The van der Waals surface area contributed by atoms with Crippen molar-refractivity contribution in [1.82, 2.24) is 4.98 Å². The zero-order valence-corrected chi connectivity index (χ0v) is 17.8. The quantitative estimate of drug-likeness (QED) is 0.182. The molecule has 1 fully saturated rings. The summed E-state index contributed by atoms with van der Waals surface area (Å²) in [6.45, 7) is 0. The average molecular weight is 469 g/mol. The van der Waals surface area contributed by atoms with Crippen LogP contribution >= 0.6 is 21.6 Å². The molecule has 31 heavy (non-hydrogen) atoms. The van der Waals surface area contributed by atoms with Crippen molar-refractivity contribution in [3.05, 3.63) is 58.8 Å². The van der Waals surface area contributed by atoms with Crippen molar-refractivity contribution in [2.24, 2.45) is 0 Å². The number of benzene rings is 1. The van der Waals surface area contributed by atoms with E-state index < -0.39 is 17.2 Å². The molecule has 1 aliphatic rings. The van der Waals surface area contributed by atoms with Crippen LogP contribution in [-0.2, 0) is 4.74 Å². The first kappa shape index (κ1) is 24.3. The number of carboxylic acid groups (broad SMARTS) is 2. The average Bonchev–Trinajstić information content (AvgIpc) is 2.74. The normalized spacial score (nSPS) is 17.5. The lowest BCUT2D eigenvalue weighted by Gasteiger charge is -2.26. The predicted octanol–water partition coefficient (Wildman–Crippen LogP) is 5.48. The van der Waals surface area contributed by atoms with Crippen LogP contribution in [0.1, 0.15) is 25.7 Å². The van der Waals surface area contributed by atoms with Crippen molar-refractivity contribution in [2.75, 3.05) is 0 Å². The Morgan fingerprint density at radius 1 is 1.03 bits per heavy atom. The minimum atomic E-state index is -1.45. The fraction of sp³-hybridized carbons (Fsp3) is 0.316. The van der Waals surface area contributed by atoms with Crippen LogP contribution in [0.4, 0.5) is 15.3 Å². The van der Waals surface area contributed by atoms with E-state index in [4.69, 9.17) is 14.9 Å². The third kappa shape index (κ3) is 9.57. The largest absolute Gasteiger partial charge is 0.511 e. The van der Waals surface area contributed by atoms with Gasteiger partial charge in [-0.3, -0.25) is 10.1 Å². The maximum Gasteiger partial charge on any atom is 0.511 e. The number of nitrogens with zero attached hydrogens (tertiary/aromatic N) is 2. The molecule has 0 amide bonds. The van der Waals surface area contributed by atoms with E-state index in [0.717, 1.165) is 42.8 Å². The molecule has 1 saturated carbocycles. The molecule has 2 N–H and O–H groups in total. The van der Waals surface area contributed by atoms with Gasteiger partial charge in [-0.2, -0.15) is 0 Å². The van der Waals surface area contributed by atoms with Crippen LogP contribution in [0.5, 0.6) is 5.75 Å². The van der Waals surface area contributed by atoms with Crippen LogP contribution in [0.25, 0.3) is 0 Å². The third-order valence-electron chi connectivity index (χ3n) is 4.05. The predicted molar refractivity (Wildman–Crippen MR) is 115 cm³/mol. The third-order valence-corrected chi connectivity index (χ3v) is 6.92. The number of nitro groups is 1. The molecule has 3 rings (SSSR count). The Labute approximate surface area is 185 Å². The highest BCUT2D eigenvalue weighted by molar-refractivity contribution is 8.76. The number of aromatic nitrogens is 1. The van der Waals surface area contributed by atoms with Crippen molar-refractivity contribution >= 4 is 39.6 Å². The minimum absolute atomic E-state index is 0.0538. The molecule has 0 saturated heterocycles. The van der Waals surface area contributed by atoms with Crippen LogP contribution in [0.3, 0.4) is 0 Å². The van der Waals surface area contributed by atoms with Gasteiger partial charge in [0.15, 0.2) is 0 Å². The van der Waals surface area contributed by atoms with Crippen LogP contribution in [0, 0.1) is 10.1 Å². The maximum absolute atomic E-state index is 10.4. The summed E-state index contributed by atoms with van der Waals surface area (Å²) >= 11 is 0. The van der Waals surface area contributed by atoms with Gasteiger partial charge in [-0.05, 0) is 60.7 Å². The van der Waals surface area contributed by atoms with Gasteiger partial charge in [0.25, 0.3) is 5.69 Å². The fourth-order valence-corrected chi connectivity index (χ4v) is 5.15. The van der Waals surface area contributed by atoms with E-state index >= 15 is 0 Å². The molecule has 10 nitrogen and oxygen atoms in total. The molecule has 1 heterocycles. The highest BCUT2D eigenvalue weighted by Gasteiger charge is 2.24. The summed E-state index contributed by atoms with van der Waals surface area (Å²) in [5, 5.41) is 28.5. The smallest absolute Gasteiger partial charge is 0.450 e. The number of nitro benzene ring substituents is 1. The van der Waals surface area contributed by atoms with E-state index in [2.05, 4.69) is 9.72 Å². The molecule has 2 aromatic rings. The molecular formula is C19H20N2O8S2. The highest BCUT2D eigenvalue weighted by atomic mass is 33.1. The molecule has 0 unspecified atom stereocenters.